The molecule has 0 atom stereocenters. The van der Waals surface area contributed by atoms with Crippen LogP contribution in [0.15, 0.2) is 65.6 Å². The van der Waals surface area contributed by atoms with E-state index in [9.17, 15) is 18.3 Å². The number of nitrogens with zero attached hydrogens (tertiary/aromatic N) is 2. The average molecular weight is 571 g/mol. The SMILES string of the molecule is COc1ccc2c(c1)C=C(c1ccccc1S(=O)(=O)N(C)C)Cn1c-2c(C2CCCCC2)c2ccc(C(=O)O)cc21. The van der Waals surface area contributed by atoms with Crippen molar-refractivity contribution < 1.29 is 23.1 Å². The topological polar surface area (TPSA) is 88.8 Å². The Hall–Kier alpha value is -3.88. The summed E-state index contributed by atoms with van der Waals surface area (Å²) in [4.78, 5) is 12.3. The van der Waals surface area contributed by atoms with Gasteiger partial charge < -0.3 is 14.4 Å². The number of benzene rings is 3. The Bertz CT molecular complexity index is 1810. The van der Waals surface area contributed by atoms with E-state index < -0.39 is 16.0 Å². The minimum Gasteiger partial charge on any atom is -0.497 e. The smallest absolute Gasteiger partial charge is 0.335 e. The van der Waals surface area contributed by atoms with E-state index >= 15 is 0 Å². The molecular weight excluding hydrogens is 536 g/mol. The Kier molecular flexibility index (Phi) is 6.99. The van der Waals surface area contributed by atoms with Gasteiger partial charge in [-0.25, -0.2) is 17.5 Å². The van der Waals surface area contributed by atoms with Crippen LogP contribution in [-0.4, -0.2) is 49.6 Å². The second-order valence-electron chi connectivity index (χ2n) is 11.1. The summed E-state index contributed by atoms with van der Waals surface area (Å²) in [5.74, 6) is 0.0974. The summed E-state index contributed by atoms with van der Waals surface area (Å²) in [7, 11) is 0.985. The third kappa shape index (κ3) is 4.65. The molecule has 2 aliphatic rings. The van der Waals surface area contributed by atoms with E-state index in [1.165, 1.54) is 43.2 Å². The molecule has 0 radical (unpaired) electrons. The maximum atomic E-state index is 13.4. The molecule has 0 amide bonds. The molecule has 0 spiro atoms. The zero-order valence-corrected chi connectivity index (χ0v) is 24.4. The first kappa shape index (κ1) is 27.3. The number of aromatic carboxylic acids is 1. The van der Waals surface area contributed by atoms with Crippen molar-refractivity contribution >= 4 is 38.5 Å². The van der Waals surface area contributed by atoms with Gasteiger partial charge in [-0.3, -0.25) is 0 Å². The van der Waals surface area contributed by atoms with E-state index in [-0.39, 0.29) is 10.5 Å². The van der Waals surface area contributed by atoms with Crippen molar-refractivity contribution in [2.45, 2.75) is 49.5 Å². The Labute approximate surface area is 240 Å². The van der Waals surface area contributed by atoms with E-state index in [2.05, 4.69) is 16.7 Å². The van der Waals surface area contributed by atoms with Crippen LogP contribution in [0.3, 0.4) is 0 Å². The Morgan fingerprint density at radius 2 is 1.73 bits per heavy atom. The highest BCUT2D eigenvalue weighted by atomic mass is 32.2. The van der Waals surface area contributed by atoms with Crippen LogP contribution in [0.2, 0.25) is 0 Å². The Balaban J connectivity index is 1.69. The lowest BCUT2D eigenvalue weighted by molar-refractivity contribution is 0.0697. The van der Waals surface area contributed by atoms with Gasteiger partial charge in [-0.1, -0.05) is 43.5 Å². The third-order valence-corrected chi connectivity index (χ3v) is 10.4. The molecule has 2 heterocycles. The zero-order chi connectivity index (χ0) is 28.9. The minimum absolute atomic E-state index is 0.230. The number of hydrogen-bond acceptors (Lipinski definition) is 4. The fourth-order valence-corrected chi connectivity index (χ4v) is 7.61. The summed E-state index contributed by atoms with van der Waals surface area (Å²) >= 11 is 0. The van der Waals surface area contributed by atoms with E-state index in [1.54, 1.807) is 31.4 Å². The molecule has 212 valence electrons. The van der Waals surface area contributed by atoms with Gasteiger partial charge in [0.1, 0.15) is 5.75 Å². The van der Waals surface area contributed by atoms with Crippen molar-refractivity contribution in [3.8, 4) is 17.0 Å². The van der Waals surface area contributed by atoms with Crippen LogP contribution in [0.4, 0.5) is 0 Å². The van der Waals surface area contributed by atoms with Crippen molar-refractivity contribution in [3.05, 3.63) is 82.9 Å². The fourth-order valence-electron chi connectivity index (χ4n) is 6.49. The Morgan fingerprint density at radius 3 is 2.44 bits per heavy atom. The van der Waals surface area contributed by atoms with Crippen molar-refractivity contribution in [2.24, 2.45) is 0 Å². The first-order chi connectivity index (χ1) is 19.7. The van der Waals surface area contributed by atoms with Crippen LogP contribution in [0.1, 0.15) is 65.1 Å². The quantitative estimate of drug-likeness (QED) is 0.273. The lowest BCUT2D eigenvalue weighted by Gasteiger charge is -2.24. The molecule has 6 rings (SSSR count). The molecule has 4 aromatic rings. The molecule has 0 unspecified atom stereocenters. The van der Waals surface area contributed by atoms with E-state index in [0.717, 1.165) is 46.1 Å². The predicted molar refractivity (Wildman–Crippen MR) is 162 cm³/mol. The number of rotatable bonds is 6. The number of ether oxygens (including phenoxy) is 1. The van der Waals surface area contributed by atoms with Gasteiger partial charge >= 0.3 is 5.97 Å². The van der Waals surface area contributed by atoms with Gasteiger partial charge in [-0.15, -0.1) is 0 Å². The standard InChI is InChI=1S/C33H34N2O5S/c1-34(2)41(38,39)30-12-8-7-11-26(30)24-17-23-18-25(40-3)14-16-27(23)32-31(21-9-5-4-6-10-21)28-15-13-22(33(36)37)19-29(28)35(32)20-24/h7-8,11-19,21H,4-6,9-10,20H2,1-3H3,(H,36,37). The molecule has 1 aromatic heterocycles. The molecule has 1 aliphatic heterocycles. The van der Waals surface area contributed by atoms with E-state index in [4.69, 9.17) is 4.74 Å². The average Bonchev–Trinajstić information content (AvgIpc) is 3.19. The number of hydrogen-bond donors (Lipinski definition) is 1. The van der Waals surface area contributed by atoms with Crippen LogP contribution in [0.25, 0.3) is 33.8 Å². The fraction of sp³-hybridized carbons (Fsp3) is 0.303. The van der Waals surface area contributed by atoms with E-state index in [0.29, 0.717) is 23.8 Å². The van der Waals surface area contributed by atoms with Gasteiger partial charge in [0.05, 0.1) is 23.3 Å². The summed E-state index contributed by atoms with van der Waals surface area (Å²) in [6, 6.07) is 18.5. The van der Waals surface area contributed by atoms with Crippen LogP contribution < -0.4 is 4.74 Å². The number of methoxy groups -OCH3 is 1. The summed E-state index contributed by atoms with van der Waals surface area (Å²) < 4.78 is 35.9. The molecule has 7 nitrogen and oxygen atoms in total. The zero-order valence-electron chi connectivity index (χ0n) is 23.6. The number of carboxylic acids is 1. The van der Waals surface area contributed by atoms with Crippen molar-refractivity contribution in [3.63, 3.8) is 0 Å². The van der Waals surface area contributed by atoms with Crippen LogP contribution in [0.5, 0.6) is 5.75 Å². The summed E-state index contributed by atoms with van der Waals surface area (Å²) in [5.41, 5.74) is 6.83. The predicted octanol–water partition coefficient (Wildman–Crippen LogP) is 6.87. The molecule has 1 fully saturated rings. The second-order valence-corrected chi connectivity index (χ2v) is 13.2. The molecule has 0 bridgehead atoms. The third-order valence-electron chi connectivity index (χ3n) is 8.53. The first-order valence-corrected chi connectivity index (χ1v) is 15.4. The van der Waals surface area contributed by atoms with Gasteiger partial charge in [0.2, 0.25) is 10.0 Å². The number of fused-ring (bicyclic) bond motifs is 5. The maximum Gasteiger partial charge on any atom is 0.335 e. The number of aromatic nitrogens is 1. The number of sulfonamides is 1. The molecule has 1 N–H and O–H groups in total. The lowest BCUT2D eigenvalue weighted by Crippen LogP contribution is -2.23. The highest BCUT2D eigenvalue weighted by molar-refractivity contribution is 7.89. The summed E-state index contributed by atoms with van der Waals surface area (Å²) in [6.07, 6.45) is 7.79. The monoisotopic (exact) mass is 570 g/mol. The second kappa shape index (κ2) is 10.5. The highest BCUT2D eigenvalue weighted by Gasteiger charge is 2.31. The number of allylic oxidation sites excluding steroid dienone is 1. The molecule has 1 saturated carbocycles. The minimum atomic E-state index is -3.73. The van der Waals surface area contributed by atoms with E-state index in [1.807, 2.05) is 30.3 Å². The van der Waals surface area contributed by atoms with Crippen LogP contribution in [0, 0.1) is 0 Å². The lowest BCUT2D eigenvalue weighted by atomic mass is 9.81. The molecule has 0 saturated heterocycles. The van der Waals surface area contributed by atoms with Gasteiger partial charge in [0.15, 0.2) is 0 Å². The maximum absolute atomic E-state index is 13.4. The summed E-state index contributed by atoms with van der Waals surface area (Å²) in [5, 5.41) is 10.9. The molecule has 3 aromatic carbocycles. The largest absolute Gasteiger partial charge is 0.497 e. The molecule has 1 aliphatic carbocycles. The molecule has 41 heavy (non-hydrogen) atoms. The van der Waals surface area contributed by atoms with Crippen molar-refractivity contribution in [1.82, 2.24) is 8.87 Å². The normalized spacial score (nSPS) is 15.8. The molecule has 8 heteroatoms. The number of carboxylic acid groups (broad SMARTS) is 1. The highest BCUT2D eigenvalue weighted by Crippen LogP contribution is 2.48. The van der Waals surface area contributed by atoms with Gasteiger partial charge in [0.25, 0.3) is 0 Å². The van der Waals surface area contributed by atoms with Gasteiger partial charge in [0, 0.05) is 37.1 Å². The van der Waals surface area contributed by atoms with Crippen molar-refractivity contribution in [2.75, 3.05) is 21.2 Å². The van der Waals surface area contributed by atoms with Gasteiger partial charge in [-0.2, -0.15) is 0 Å². The van der Waals surface area contributed by atoms with Gasteiger partial charge in [-0.05, 0) is 83.5 Å². The van der Waals surface area contributed by atoms with Crippen LogP contribution in [-0.2, 0) is 16.6 Å². The van der Waals surface area contributed by atoms with Crippen LogP contribution >= 0.6 is 0 Å². The molecular formula is C33H34N2O5S. The van der Waals surface area contributed by atoms with Crippen molar-refractivity contribution in [1.29, 1.82) is 0 Å². The first-order valence-electron chi connectivity index (χ1n) is 14.0. The Morgan fingerprint density at radius 1 is 0.976 bits per heavy atom. The number of carbonyl (C=O) groups is 1. The summed E-state index contributed by atoms with van der Waals surface area (Å²) in [6.45, 7) is 0.387.